The van der Waals surface area contributed by atoms with Crippen LogP contribution in [0.2, 0.25) is 0 Å². The van der Waals surface area contributed by atoms with E-state index in [1.54, 1.807) is 0 Å². The summed E-state index contributed by atoms with van der Waals surface area (Å²) < 4.78 is 4.42. The molecule has 0 fully saturated rings. The van der Waals surface area contributed by atoms with Gasteiger partial charge < -0.3 is 20.5 Å². The minimum Gasteiger partial charge on any atom is -0.480 e. The maximum absolute atomic E-state index is 11.6. The van der Waals surface area contributed by atoms with Gasteiger partial charge in [-0.1, -0.05) is 13.8 Å². The summed E-state index contributed by atoms with van der Waals surface area (Å²) in [5.41, 5.74) is 0. The Hall–Kier alpha value is -1.79. The summed E-state index contributed by atoms with van der Waals surface area (Å²) in [6.45, 7) is 3.86. The summed E-state index contributed by atoms with van der Waals surface area (Å²) in [4.78, 5) is 33.5. The van der Waals surface area contributed by atoms with Crippen molar-refractivity contribution < 1.29 is 24.2 Å². The number of carbonyl (C=O) groups excluding carboxylic acids is 2. The molecule has 0 aromatic rings. The molecular weight excluding hydrogens is 252 g/mol. The molecule has 0 saturated carbocycles. The number of rotatable bonds is 8. The van der Waals surface area contributed by atoms with Gasteiger partial charge in [0.1, 0.15) is 6.04 Å². The van der Waals surface area contributed by atoms with Gasteiger partial charge in [0, 0.05) is 12.5 Å². The van der Waals surface area contributed by atoms with Crippen molar-refractivity contribution in [1.29, 1.82) is 0 Å². The predicted octanol–water partition coefficient (Wildman–Crippen LogP) is 0.881. The molecule has 0 aromatic carbocycles. The Bertz CT molecular complexity index is 315. The van der Waals surface area contributed by atoms with Crippen LogP contribution in [0.25, 0.3) is 0 Å². The molecule has 0 saturated heterocycles. The Kier molecular flexibility index (Phi) is 8.32. The molecule has 0 aliphatic carbocycles. The third-order valence-electron chi connectivity index (χ3n) is 2.79. The van der Waals surface area contributed by atoms with Crippen LogP contribution in [0.4, 0.5) is 4.79 Å². The van der Waals surface area contributed by atoms with Gasteiger partial charge in [-0.3, -0.25) is 4.79 Å². The SMILES string of the molecule is CCC(CC)NC(=O)N[C@H](CCC(=O)OC)C(=O)O. The van der Waals surface area contributed by atoms with E-state index in [4.69, 9.17) is 5.11 Å². The number of ether oxygens (including phenoxy) is 1. The molecule has 0 rings (SSSR count). The standard InChI is InChI=1S/C12H22N2O5/c1-4-8(5-2)13-12(18)14-9(11(16)17)6-7-10(15)19-3/h8-9H,4-7H2,1-3H3,(H,16,17)(H2,13,14,18)/t9-/m1/s1. The third-order valence-corrected chi connectivity index (χ3v) is 2.79. The molecule has 110 valence electrons. The molecule has 0 heterocycles. The van der Waals surface area contributed by atoms with Crippen LogP contribution in [0, 0.1) is 0 Å². The quantitative estimate of drug-likeness (QED) is 0.570. The van der Waals surface area contributed by atoms with E-state index < -0.39 is 24.0 Å². The van der Waals surface area contributed by atoms with E-state index in [-0.39, 0.29) is 18.9 Å². The highest BCUT2D eigenvalue weighted by Gasteiger charge is 2.21. The lowest BCUT2D eigenvalue weighted by atomic mass is 10.1. The lowest BCUT2D eigenvalue weighted by molar-refractivity contribution is -0.142. The van der Waals surface area contributed by atoms with Crippen LogP contribution in [-0.4, -0.2) is 42.3 Å². The van der Waals surface area contributed by atoms with Crippen LogP contribution >= 0.6 is 0 Å². The van der Waals surface area contributed by atoms with Crippen LogP contribution in [0.3, 0.4) is 0 Å². The van der Waals surface area contributed by atoms with Crippen molar-refractivity contribution in [1.82, 2.24) is 10.6 Å². The number of hydrogen-bond donors (Lipinski definition) is 3. The van der Waals surface area contributed by atoms with Crippen LogP contribution in [0.1, 0.15) is 39.5 Å². The highest BCUT2D eigenvalue weighted by Crippen LogP contribution is 2.01. The van der Waals surface area contributed by atoms with E-state index in [0.717, 1.165) is 12.8 Å². The molecule has 7 heteroatoms. The maximum Gasteiger partial charge on any atom is 0.326 e. The lowest BCUT2D eigenvalue weighted by Gasteiger charge is -2.18. The second-order valence-corrected chi connectivity index (χ2v) is 4.14. The molecule has 0 aliphatic rings. The Morgan fingerprint density at radius 2 is 1.74 bits per heavy atom. The van der Waals surface area contributed by atoms with Gasteiger partial charge in [0.2, 0.25) is 0 Å². The van der Waals surface area contributed by atoms with E-state index in [9.17, 15) is 14.4 Å². The molecular formula is C12H22N2O5. The fourth-order valence-corrected chi connectivity index (χ4v) is 1.50. The summed E-state index contributed by atoms with van der Waals surface area (Å²) in [6.07, 6.45) is 1.48. The molecule has 0 unspecified atom stereocenters. The second-order valence-electron chi connectivity index (χ2n) is 4.14. The number of esters is 1. The van der Waals surface area contributed by atoms with Crippen molar-refractivity contribution >= 4 is 18.0 Å². The summed E-state index contributed by atoms with van der Waals surface area (Å²) in [5, 5.41) is 14.0. The van der Waals surface area contributed by atoms with Crippen LogP contribution in [-0.2, 0) is 14.3 Å². The van der Waals surface area contributed by atoms with E-state index in [2.05, 4.69) is 15.4 Å². The molecule has 1 atom stereocenters. The third kappa shape index (κ3) is 7.28. The zero-order chi connectivity index (χ0) is 14.8. The predicted molar refractivity (Wildman–Crippen MR) is 68.7 cm³/mol. The number of carboxylic acids is 1. The summed E-state index contributed by atoms with van der Waals surface area (Å²) in [7, 11) is 1.23. The first kappa shape index (κ1) is 17.2. The first-order valence-corrected chi connectivity index (χ1v) is 6.31. The van der Waals surface area contributed by atoms with Gasteiger partial charge >= 0.3 is 18.0 Å². The number of methoxy groups -OCH3 is 1. The van der Waals surface area contributed by atoms with E-state index in [1.807, 2.05) is 13.8 Å². The number of urea groups is 1. The average molecular weight is 274 g/mol. The van der Waals surface area contributed by atoms with Crippen molar-refractivity contribution in [3.05, 3.63) is 0 Å². The monoisotopic (exact) mass is 274 g/mol. The van der Waals surface area contributed by atoms with Gasteiger partial charge in [0.15, 0.2) is 0 Å². The number of nitrogens with one attached hydrogen (secondary N) is 2. The Morgan fingerprint density at radius 3 is 2.16 bits per heavy atom. The van der Waals surface area contributed by atoms with Crippen molar-refractivity contribution in [3.8, 4) is 0 Å². The van der Waals surface area contributed by atoms with Crippen LogP contribution < -0.4 is 10.6 Å². The lowest BCUT2D eigenvalue weighted by Crippen LogP contribution is -2.48. The van der Waals surface area contributed by atoms with E-state index in [0.29, 0.717) is 0 Å². The van der Waals surface area contributed by atoms with Gasteiger partial charge in [-0.25, -0.2) is 9.59 Å². The van der Waals surface area contributed by atoms with Crippen molar-refractivity contribution in [2.75, 3.05) is 7.11 Å². The molecule has 0 aliphatic heterocycles. The maximum atomic E-state index is 11.6. The molecule has 7 nitrogen and oxygen atoms in total. The highest BCUT2D eigenvalue weighted by molar-refractivity contribution is 5.83. The van der Waals surface area contributed by atoms with Gasteiger partial charge in [-0.05, 0) is 19.3 Å². The molecule has 19 heavy (non-hydrogen) atoms. The molecule has 0 bridgehead atoms. The Morgan fingerprint density at radius 1 is 1.16 bits per heavy atom. The molecule has 3 N–H and O–H groups in total. The minimum atomic E-state index is -1.18. The molecule has 0 spiro atoms. The number of carboxylic acid groups (broad SMARTS) is 1. The Balaban J connectivity index is 4.30. The fraction of sp³-hybridized carbons (Fsp3) is 0.750. The van der Waals surface area contributed by atoms with Crippen molar-refractivity contribution in [2.24, 2.45) is 0 Å². The highest BCUT2D eigenvalue weighted by atomic mass is 16.5. The van der Waals surface area contributed by atoms with Crippen molar-refractivity contribution in [2.45, 2.75) is 51.6 Å². The number of amides is 2. The van der Waals surface area contributed by atoms with Gasteiger partial charge in [-0.2, -0.15) is 0 Å². The zero-order valence-electron chi connectivity index (χ0n) is 11.6. The zero-order valence-corrected chi connectivity index (χ0v) is 11.6. The topological polar surface area (TPSA) is 105 Å². The van der Waals surface area contributed by atoms with E-state index in [1.165, 1.54) is 7.11 Å². The summed E-state index contributed by atoms with van der Waals surface area (Å²) in [6, 6.07) is -1.63. The number of hydrogen-bond acceptors (Lipinski definition) is 4. The second kappa shape index (κ2) is 9.18. The van der Waals surface area contributed by atoms with Crippen molar-refractivity contribution in [3.63, 3.8) is 0 Å². The normalized spacial score (nSPS) is 11.8. The first-order valence-electron chi connectivity index (χ1n) is 6.31. The molecule has 0 aromatic heterocycles. The first-order chi connectivity index (χ1) is 8.94. The van der Waals surface area contributed by atoms with Crippen LogP contribution in [0.5, 0.6) is 0 Å². The van der Waals surface area contributed by atoms with Gasteiger partial charge in [0.25, 0.3) is 0 Å². The van der Waals surface area contributed by atoms with Crippen LogP contribution in [0.15, 0.2) is 0 Å². The fourth-order valence-electron chi connectivity index (χ4n) is 1.50. The smallest absolute Gasteiger partial charge is 0.326 e. The molecule has 2 amide bonds. The number of aliphatic carboxylic acids is 1. The van der Waals surface area contributed by atoms with Gasteiger partial charge in [-0.15, -0.1) is 0 Å². The Labute approximate surface area is 112 Å². The van der Waals surface area contributed by atoms with Gasteiger partial charge in [0.05, 0.1) is 7.11 Å². The summed E-state index contributed by atoms with van der Waals surface area (Å²) >= 11 is 0. The minimum absolute atomic E-state index is 0.00164. The summed E-state index contributed by atoms with van der Waals surface area (Å²) in [5.74, 6) is -1.68. The average Bonchev–Trinajstić information content (AvgIpc) is 2.39. The van der Waals surface area contributed by atoms with E-state index >= 15 is 0 Å². The largest absolute Gasteiger partial charge is 0.480 e. The molecule has 0 radical (unpaired) electrons. The number of carbonyl (C=O) groups is 3.